The number of ether oxygens (including phenoxy) is 1. The summed E-state index contributed by atoms with van der Waals surface area (Å²) >= 11 is 0. The van der Waals surface area contributed by atoms with E-state index in [0.717, 1.165) is 12.0 Å². The van der Waals surface area contributed by atoms with Crippen LogP contribution in [0.4, 0.5) is 4.79 Å². The largest absolute Gasteiger partial charge is 0.444 e. The van der Waals surface area contributed by atoms with E-state index >= 15 is 0 Å². The van der Waals surface area contributed by atoms with Crippen molar-refractivity contribution >= 4 is 11.9 Å². The first-order valence-corrected chi connectivity index (χ1v) is 6.87. The number of Topliss-reactive ketones (excluding diaryl/α,β-unsaturated/α-hetero) is 1. The van der Waals surface area contributed by atoms with Crippen LogP contribution < -0.4 is 0 Å². The number of rotatable bonds is 1. The molecule has 0 saturated carbocycles. The van der Waals surface area contributed by atoms with Crippen molar-refractivity contribution in [2.24, 2.45) is 0 Å². The quantitative estimate of drug-likeness (QED) is 0.739. The minimum atomic E-state index is -0.488. The van der Waals surface area contributed by atoms with Crippen molar-refractivity contribution in [1.82, 2.24) is 4.90 Å². The normalized spacial score (nSPS) is 14.7. The van der Waals surface area contributed by atoms with Crippen molar-refractivity contribution in [3.8, 4) is 0 Å². The van der Waals surface area contributed by atoms with E-state index in [2.05, 4.69) is 0 Å². The third-order valence-electron chi connectivity index (χ3n) is 3.28. The molecule has 0 N–H and O–H groups in total. The van der Waals surface area contributed by atoms with Gasteiger partial charge in [-0.15, -0.1) is 0 Å². The Hall–Kier alpha value is -1.84. The van der Waals surface area contributed by atoms with Crippen LogP contribution in [0.2, 0.25) is 0 Å². The third-order valence-corrected chi connectivity index (χ3v) is 3.28. The van der Waals surface area contributed by atoms with Gasteiger partial charge in [-0.25, -0.2) is 4.79 Å². The van der Waals surface area contributed by atoms with Crippen LogP contribution in [0, 0.1) is 0 Å². The van der Waals surface area contributed by atoms with Crippen LogP contribution in [-0.2, 0) is 17.7 Å². The minimum absolute atomic E-state index is 0.0437. The highest BCUT2D eigenvalue weighted by Gasteiger charge is 2.25. The smallest absolute Gasteiger partial charge is 0.410 e. The summed E-state index contributed by atoms with van der Waals surface area (Å²) < 4.78 is 5.39. The minimum Gasteiger partial charge on any atom is -0.444 e. The molecule has 0 spiro atoms. The van der Waals surface area contributed by atoms with Gasteiger partial charge in [-0.3, -0.25) is 4.79 Å². The number of ketones is 1. The molecule has 1 aliphatic heterocycles. The van der Waals surface area contributed by atoms with E-state index in [1.54, 1.807) is 11.8 Å². The summed E-state index contributed by atoms with van der Waals surface area (Å²) in [5.74, 6) is 0.0437. The van der Waals surface area contributed by atoms with E-state index in [9.17, 15) is 9.59 Å². The zero-order valence-electron chi connectivity index (χ0n) is 12.5. The fourth-order valence-corrected chi connectivity index (χ4v) is 2.26. The maximum Gasteiger partial charge on any atom is 0.410 e. The van der Waals surface area contributed by atoms with Crippen molar-refractivity contribution in [3.05, 3.63) is 34.9 Å². The zero-order chi connectivity index (χ0) is 14.9. The van der Waals surface area contributed by atoms with Gasteiger partial charge in [0, 0.05) is 18.7 Å². The number of hydrogen-bond acceptors (Lipinski definition) is 3. The molecular formula is C16H21NO3. The van der Waals surface area contributed by atoms with E-state index in [0.29, 0.717) is 18.7 Å². The van der Waals surface area contributed by atoms with Crippen LogP contribution >= 0.6 is 0 Å². The van der Waals surface area contributed by atoms with Gasteiger partial charge in [0.15, 0.2) is 5.78 Å². The molecule has 4 nitrogen and oxygen atoms in total. The molecule has 2 rings (SSSR count). The molecule has 0 fully saturated rings. The SMILES string of the molecule is CC(=O)c1ccc2c(c1)CN(C(=O)OC(C)(C)C)CC2. The topological polar surface area (TPSA) is 46.6 Å². The molecule has 4 heteroatoms. The maximum atomic E-state index is 12.1. The predicted molar refractivity (Wildman–Crippen MR) is 76.8 cm³/mol. The van der Waals surface area contributed by atoms with Crippen LogP contribution in [0.15, 0.2) is 18.2 Å². The first-order chi connectivity index (χ1) is 9.26. The molecule has 0 radical (unpaired) electrons. The summed E-state index contributed by atoms with van der Waals surface area (Å²) in [7, 11) is 0. The fourth-order valence-electron chi connectivity index (χ4n) is 2.26. The van der Waals surface area contributed by atoms with Crippen LogP contribution in [0.3, 0.4) is 0 Å². The first-order valence-electron chi connectivity index (χ1n) is 6.87. The Morgan fingerprint density at radius 3 is 2.50 bits per heavy atom. The molecule has 0 aromatic heterocycles. The van der Waals surface area contributed by atoms with Gasteiger partial charge in [0.05, 0.1) is 0 Å². The maximum absolute atomic E-state index is 12.1. The van der Waals surface area contributed by atoms with Crippen LogP contribution in [-0.4, -0.2) is 28.9 Å². The second-order valence-electron chi connectivity index (χ2n) is 6.19. The van der Waals surface area contributed by atoms with E-state index in [1.165, 1.54) is 5.56 Å². The number of hydrogen-bond donors (Lipinski definition) is 0. The molecule has 1 aromatic rings. The molecule has 0 unspecified atom stereocenters. The molecular weight excluding hydrogens is 254 g/mol. The molecule has 0 saturated heterocycles. The van der Waals surface area contributed by atoms with Crippen molar-refractivity contribution in [2.45, 2.75) is 46.3 Å². The zero-order valence-corrected chi connectivity index (χ0v) is 12.5. The Morgan fingerprint density at radius 2 is 1.90 bits per heavy atom. The molecule has 20 heavy (non-hydrogen) atoms. The Labute approximate surface area is 119 Å². The van der Waals surface area contributed by atoms with Crippen molar-refractivity contribution in [1.29, 1.82) is 0 Å². The van der Waals surface area contributed by atoms with E-state index < -0.39 is 5.60 Å². The molecule has 0 aliphatic carbocycles. The Balaban J connectivity index is 2.15. The van der Waals surface area contributed by atoms with Crippen molar-refractivity contribution in [2.75, 3.05) is 6.54 Å². The van der Waals surface area contributed by atoms with E-state index in [-0.39, 0.29) is 11.9 Å². The summed E-state index contributed by atoms with van der Waals surface area (Å²) in [5.41, 5.74) is 2.44. The van der Waals surface area contributed by atoms with E-state index in [1.807, 2.05) is 39.0 Å². The van der Waals surface area contributed by atoms with Gasteiger partial charge < -0.3 is 9.64 Å². The summed E-state index contributed by atoms with van der Waals surface area (Å²) in [5, 5.41) is 0. The Bertz CT molecular complexity index is 543. The lowest BCUT2D eigenvalue weighted by atomic mass is 9.96. The average Bonchev–Trinajstić information content (AvgIpc) is 2.35. The molecule has 1 heterocycles. The predicted octanol–water partition coefficient (Wildman–Crippen LogP) is 3.18. The summed E-state index contributed by atoms with van der Waals surface area (Å²) in [6.07, 6.45) is 0.503. The molecule has 1 amide bonds. The lowest BCUT2D eigenvalue weighted by Crippen LogP contribution is -2.39. The Kier molecular flexibility index (Phi) is 3.84. The first kappa shape index (κ1) is 14.6. The number of benzene rings is 1. The van der Waals surface area contributed by atoms with Gasteiger partial charge in [0.25, 0.3) is 0 Å². The van der Waals surface area contributed by atoms with E-state index in [4.69, 9.17) is 4.74 Å². The molecule has 108 valence electrons. The fraction of sp³-hybridized carbons (Fsp3) is 0.500. The average molecular weight is 275 g/mol. The molecule has 0 atom stereocenters. The third kappa shape index (κ3) is 3.38. The van der Waals surface area contributed by atoms with Gasteiger partial charge in [-0.05, 0) is 51.3 Å². The summed E-state index contributed by atoms with van der Waals surface area (Å²) in [6, 6.07) is 5.72. The monoisotopic (exact) mass is 275 g/mol. The number of fused-ring (bicyclic) bond motifs is 1. The lowest BCUT2D eigenvalue weighted by molar-refractivity contribution is 0.0224. The van der Waals surface area contributed by atoms with Crippen molar-refractivity contribution < 1.29 is 14.3 Å². The van der Waals surface area contributed by atoms with Gasteiger partial charge >= 0.3 is 6.09 Å². The highest BCUT2D eigenvalue weighted by atomic mass is 16.6. The van der Waals surface area contributed by atoms with Crippen molar-refractivity contribution in [3.63, 3.8) is 0 Å². The molecule has 0 bridgehead atoms. The number of nitrogens with zero attached hydrogens (tertiary/aromatic N) is 1. The van der Waals surface area contributed by atoms with Crippen LogP contribution in [0.5, 0.6) is 0 Å². The number of amides is 1. The summed E-state index contributed by atoms with van der Waals surface area (Å²) in [6.45, 7) is 8.28. The lowest BCUT2D eigenvalue weighted by Gasteiger charge is -2.31. The van der Waals surface area contributed by atoms with Gasteiger partial charge in [0.1, 0.15) is 5.60 Å². The number of carbonyl (C=O) groups is 2. The second-order valence-corrected chi connectivity index (χ2v) is 6.19. The second kappa shape index (κ2) is 5.27. The standard InChI is InChI=1S/C16H21NO3/c1-11(18)13-6-5-12-7-8-17(10-14(12)9-13)15(19)20-16(2,3)4/h5-6,9H,7-8,10H2,1-4H3. The van der Waals surface area contributed by atoms with Gasteiger partial charge in [-0.1, -0.05) is 12.1 Å². The number of carbonyl (C=O) groups excluding carboxylic acids is 2. The van der Waals surface area contributed by atoms with Crippen LogP contribution in [0.25, 0.3) is 0 Å². The highest BCUT2D eigenvalue weighted by molar-refractivity contribution is 5.94. The molecule has 1 aliphatic rings. The van der Waals surface area contributed by atoms with Gasteiger partial charge in [0.2, 0.25) is 0 Å². The van der Waals surface area contributed by atoms with Gasteiger partial charge in [-0.2, -0.15) is 0 Å². The highest BCUT2D eigenvalue weighted by Crippen LogP contribution is 2.22. The summed E-state index contributed by atoms with van der Waals surface area (Å²) in [4.78, 5) is 25.2. The molecule has 1 aromatic carbocycles. The Morgan fingerprint density at radius 1 is 1.20 bits per heavy atom. The van der Waals surface area contributed by atoms with Crippen LogP contribution in [0.1, 0.15) is 49.2 Å².